The molecular weight excluding hydrogens is 292 g/mol. The highest BCUT2D eigenvalue weighted by Gasteiger charge is 2.33. The van der Waals surface area contributed by atoms with Crippen LogP contribution in [-0.4, -0.2) is 17.5 Å². The summed E-state index contributed by atoms with van der Waals surface area (Å²) in [5, 5.41) is 4.06. The molecule has 5 heteroatoms. The van der Waals surface area contributed by atoms with Crippen molar-refractivity contribution in [2.45, 2.75) is 26.3 Å². The zero-order valence-corrected chi connectivity index (χ0v) is 12.7. The molecule has 1 aliphatic rings. The number of rotatable bonds is 2. The van der Waals surface area contributed by atoms with Gasteiger partial charge in [0.15, 0.2) is 0 Å². The fourth-order valence-corrected chi connectivity index (χ4v) is 4.20. The van der Waals surface area contributed by atoms with Gasteiger partial charge in [0.25, 0.3) is 0 Å². The minimum absolute atomic E-state index is 0.187. The van der Waals surface area contributed by atoms with E-state index in [0.29, 0.717) is 15.7 Å². The molecule has 100 valence electrons. The Bertz CT molecular complexity index is 428. The molecule has 1 nitrogen and oxygen atoms in total. The van der Waals surface area contributed by atoms with Gasteiger partial charge in [-0.15, -0.1) is 0 Å². The molecule has 0 amide bonds. The summed E-state index contributed by atoms with van der Waals surface area (Å²) in [5.74, 6) is 1.78. The molecule has 2 rings (SSSR count). The molecule has 0 aliphatic carbocycles. The van der Waals surface area contributed by atoms with E-state index in [2.05, 4.69) is 19.2 Å². The van der Waals surface area contributed by atoms with Crippen LogP contribution in [0.1, 0.15) is 20.3 Å². The molecule has 1 heterocycles. The minimum Gasteiger partial charge on any atom is -0.379 e. The number of hydrogen-bond acceptors (Lipinski definition) is 2. The smallest absolute Gasteiger partial charge is 0.126 e. The van der Waals surface area contributed by atoms with Crippen LogP contribution < -0.4 is 5.32 Å². The number of anilines is 1. The number of hydrogen-bond donors (Lipinski definition) is 1. The molecule has 0 aromatic heterocycles. The lowest BCUT2D eigenvalue weighted by molar-refractivity contribution is 0.305. The number of halogens is 3. The predicted molar refractivity (Wildman–Crippen MR) is 79.6 cm³/mol. The van der Waals surface area contributed by atoms with Gasteiger partial charge in [-0.1, -0.05) is 37.0 Å². The van der Waals surface area contributed by atoms with Crippen molar-refractivity contribution in [2.75, 3.05) is 16.8 Å². The second kappa shape index (κ2) is 5.48. The molecule has 18 heavy (non-hydrogen) atoms. The van der Waals surface area contributed by atoms with Gasteiger partial charge in [-0.2, -0.15) is 11.8 Å². The van der Waals surface area contributed by atoms with Crippen molar-refractivity contribution in [2.24, 2.45) is 5.41 Å². The standard InChI is InChI=1S/C13H16Cl2FNS/c1-13(2)3-4-18-7-11(13)17-12-9(14)5-8(16)6-10(12)15/h5-6,11,17H,3-4,7H2,1-2H3. The molecule has 0 saturated carbocycles. The molecule has 1 unspecified atom stereocenters. The van der Waals surface area contributed by atoms with E-state index in [1.54, 1.807) is 0 Å². The van der Waals surface area contributed by atoms with E-state index in [-0.39, 0.29) is 11.5 Å². The molecule has 1 atom stereocenters. The highest BCUT2D eigenvalue weighted by atomic mass is 35.5. The van der Waals surface area contributed by atoms with Crippen LogP contribution in [-0.2, 0) is 0 Å². The van der Waals surface area contributed by atoms with Crippen LogP contribution in [0.4, 0.5) is 10.1 Å². The molecule has 1 aromatic carbocycles. The summed E-state index contributed by atoms with van der Waals surface area (Å²) in [7, 11) is 0. The first-order valence-electron chi connectivity index (χ1n) is 5.89. The molecule has 1 aromatic rings. The predicted octanol–water partition coefficient (Wildman–Crippen LogP) is 5.08. The monoisotopic (exact) mass is 307 g/mol. The normalized spacial score (nSPS) is 22.8. The van der Waals surface area contributed by atoms with Crippen LogP contribution in [0.2, 0.25) is 10.0 Å². The summed E-state index contributed by atoms with van der Waals surface area (Å²) in [6, 6.07) is 2.87. The first-order valence-corrected chi connectivity index (χ1v) is 7.80. The highest BCUT2D eigenvalue weighted by Crippen LogP contribution is 2.39. The molecule has 0 spiro atoms. The van der Waals surface area contributed by atoms with Gasteiger partial charge in [-0.3, -0.25) is 0 Å². The Hall–Kier alpha value is -0.120. The Morgan fingerprint density at radius 2 is 1.94 bits per heavy atom. The van der Waals surface area contributed by atoms with Crippen molar-refractivity contribution in [3.8, 4) is 0 Å². The van der Waals surface area contributed by atoms with E-state index >= 15 is 0 Å². The fraction of sp³-hybridized carbons (Fsp3) is 0.538. The van der Waals surface area contributed by atoms with Crippen molar-refractivity contribution in [1.29, 1.82) is 0 Å². The molecule has 1 fully saturated rings. The second-order valence-corrected chi connectivity index (χ2v) is 7.22. The van der Waals surface area contributed by atoms with Crippen molar-refractivity contribution in [1.82, 2.24) is 0 Å². The van der Waals surface area contributed by atoms with Crippen molar-refractivity contribution < 1.29 is 4.39 Å². The molecule has 1 N–H and O–H groups in total. The molecule has 0 radical (unpaired) electrons. The van der Waals surface area contributed by atoms with Gasteiger partial charge < -0.3 is 5.32 Å². The van der Waals surface area contributed by atoms with Crippen LogP contribution in [0.3, 0.4) is 0 Å². The van der Waals surface area contributed by atoms with Crippen LogP contribution in [0.5, 0.6) is 0 Å². The minimum atomic E-state index is -0.409. The lowest BCUT2D eigenvalue weighted by Gasteiger charge is -2.39. The van der Waals surface area contributed by atoms with Crippen molar-refractivity contribution in [3.05, 3.63) is 28.0 Å². The van der Waals surface area contributed by atoms with Crippen LogP contribution in [0.15, 0.2) is 12.1 Å². The molecular formula is C13H16Cl2FNS. The maximum Gasteiger partial charge on any atom is 0.126 e. The zero-order valence-electron chi connectivity index (χ0n) is 10.4. The Kier molecular flexibility index (Phi) is 4.35. The quantitative estimate of drug-likeness (QED) is 0.818. The third-order valence-electron chi connectivity index (χ3n) is 3.44. The second-order valence-electron chi connectivity index (χ2n) is 5.25. The number of thioether (sulfide) groups is 1. The Balaban J connectivity index is 2.23. The lowest BCUT2D eigenvalue weighted by Crippen LogP contribution is -2.41. The van der Waals surface area contributed by atoms with Crippen LogP contribution >= 0.6 is 35.0 Å². The average Bonchev–Trinajstić information content (AvgIpc) is 2.24. The first kappa shape index (κ1) is 14.3. The maximum atomic E-state index is 13.1. The summed E-state index contributed by atoms with van der Waals surface area (Å²) in [6.45, 7) is 4.46. The third kappa shape index (κ3) is 3.06. The van der Waals surface area contributed by atoms with Gasteiger partial charge >= 0.3 is 0 Å². The summed E-state index contributed by atoms with van der Waals surface area (Å²) in [6.07, 6.45) is 1.14. The summed E-state index contributed by atoms with van der Waals surface area (Å²) in [4.78, 5) is 0. The average molecular weight is 308 g/mol. The Morgan fingerprint density at radius 1 is 1.33 bits per heavy atom. The van der Waals surface area contributed by atoms with Gasteiger partial charge in [-0.05, 0) is 29.7 Å². The summed E-state index contributed by atoms with van der Waals surface area (Å²) >= 11 is 14.0. The van der Waals surface area contributed by atoms with Gasteiger partial charge in [-0.25, -0.2) is 4.39 Å². The Labute approximate surface area is 121 Å². The van der Waals surface area contributed by atoms with E-state index in [9.17, 15) is 4.39 Å². The van der Waals surface area contributed by atoms with E-state index in [1.807, 2.05) is 11.8 Å². The Morgan fingerprint density at radius 3 is 2.50 bits per heavy atom. The first-order chi connectivity index (χ1) is 8.40. The van der Waals surface area contributed by atoms with Gasteiger partial charge in [0.1, 0.15) is 5.82 Å². The molecule has 1 saturated heterocycles. The molecule has 0 bridgehead atoms. The maximum absolute atomic E-state index is 13.1. The van der Waals surface area contributed by atoms with E-state index in [1.165, 1.54) is 17.9 Å². The summed E-state index contributed by atoms with van der Waals surface area (Å²) < 4.78 is 13.1. The van der Waals surface area contributed by atoms with Crippen LogP contribution in [0.25, 0.3) is 0 Å². The van der Waals surface area contributed by atoms with Gasteiger partial charge in [0, 0.05) is 11.8 Å². The molecule has 1 aliphatic heterocycles. The number of benzene rings is 1. The topological polar surface area (TPSA) is 12.0 Å². The van der Waals surface area contributed by atoms with E-state index in [0.717, 1.165) is 12.2 Å². The lowest BCUT2D eigenvalue weighted by atomic mass is 9.82. The van der Waals surface area contributed by atoms with Crippen molar-refractivity contribution in [3.63, 3.8) is 0 Å². The zero-order chi connectivity index (χ0) is 13.3. The third-order valence-corrected chi connectivity index (χ3v) is 5.10. The highest BCUT2D eigenvalue weighted by molar-refractivity contribution is 7.99. The van der Waals surface area contributed by atoms with Crippen LogP contribution in [0, 0.1) is 11.2 Å². The van der Waals surface area contributed by atoms with Gasteiger partial charge in [0.05, 0.1) is 15.7 Å². The van der Waals surface area contributed by atoms with Gasteiger partial charge in [0.2, 0.25) is 0 Å². The summed E-state index contributed by atoms with van der Waals surface area (Å²) in [5.41, 5.74) is 0.826. The number of nitrogens with one attached hydrogen (secondary N) is 1. The van der Waals surface area contributed by atoms with E-state index < -0.39 is 5.82 Å². The largest absolute Gasteiger partial charge is 0.379 e. The SMILES string of the molecule is CC1(C)CCSCC1Nc1c(Cl)cc(F)cc1Cl. The van der Waals surface area contributed by atoms with E-state index in [4.69, 9.17) is 23.2 Å². The fourth-order valence-electron chi connectivity index (χ4n) is 2.03. The van der Waals surface area contributed by atoms with Crippen molar-refractivity contribution >= 4 is 40.7 Å².